The first-order valence-corrected chi connectivity index (χ1v) is 13.0. The number of thiophene rings is 1. The van der Waals surface area contributed by atoms with E-state index in [-0.39, 0.29) is 12.4 Å². The van der Waals surface area contributed by atoms with Gasteiger partial charge in [0.1, 0.15) is 23.4 Å². The van der Waals surface area contributed by atoms with E-state index in [1.807, 2.05) is 30.3 Å². The lowest BCUT2D eigenvalue weighted by Crippen LogP contribution is -2.50. The van der Waals surface area contributed by atoms with Crippen LogP contribution >= 0.6 is 11.3 Å². The molecule has 39 heavy (non-hydrogen) atoms. The van der Waals surface area contributed by atoms with Crippen LogP contribution in [0.4, 0.5) is 0 Å². The number of carbonyl (C=O) groups excluding carboxylic acids is 3. The van der Waals surface area contributed by atoms with E-state index in [1.165, 1.54) is 16.3 Å². The van der Waals surface area contributed by atoms with E-state index in [2.05, 4.69) is 10.6 Å². The normalized spacial score (nSPS) is 15.3. The topological polar surface area (TPSA) is 175 Å². The van der Waals surface area contributed by atoms with Gasteiger partial charge in [-0.2, -0.15) is 0 Å². The summed E-state index contributed by atoms with van der Waals surface area (Å²) in [6.07, 6.45) is 0.926. The predicted molar refractivity (Wildman–Crippen MR) is 144 cm³/mol. The quantitative estimate of drug-likeness (QED) is 0.191. The van der Waals surface area contributed by atoms with E-state index in [0.717, 1.165) is 11.3 Å². The maximum Gasteiger partial charge on any atom is 0.331 e. The minimum Gasteiger partial charge on any atom is -0.479 e. The number of carbonyl (C=O) groups is 4. The fourth-order valence-corrected chi connectivity index (χ4v) is 5.08. The summed E-state index contributed by atoms with van der Waals surface area (Å²) in [7, 11) is 0. The average molecular weight is 550 g/mol. The maximum atomic E-state index is 13.0. The van der Waals surface area contributed by atoms with Crippen LogP contribution in [0.25, 0.3) is 0 Å². The molecule has 3 aromatic rings. The molecular weight excluding hydrogens is 522 g/mol. The highest BCUT2D eigenvalue weighted by atomic mass is 32.1. The summed E-state index contributed by atoms with van der Waals surface area (Å²) in [6, 6.07) is 14.9. The summed E-state index contributed by atoms with van der Waals surface area (Å²) < 4.78 is 5.71. The molecule has 1 fully saturated rings. The molecule has 1 aliphatic rings. The van der Waals surface area contributed by atoms with Gasteiger partial charge in [-0.1, -0.05) is 18.2 Å². The van der Waals surface area contributed by atoms with Crippen LogP contribution < -0.4 is 21.1 Å². The van der Waals surface area contributed by atoms with Gasteiger partial charge in [-0.15, -0.1) is 11.3 Å². The second kappa shape index (κ2) is 12.2. The van der Waals surface area contributed by atoms with Gasteiger partial charge >= 0.3 is 5.97 Å². The molecule has 0 aliphatic carbocycles. The molecule has 3 amide bonds. The summed E-state index contributed by atoms with van der Waals surface area (Å²) in [6.45, 7) is -0.0102. The Morgan fingerprint density at radius 1 is 1.08 bits per heavy atom. The number of hydrogen-bond donors (Lipinski definition) is 5. The molecule has 2 atom stereocenters. The lowest BCUT2D eigenvalue weighted by Gasteiger charge is -2.25. The lowest BCUT2D eigenvalue weighted by molar-refractivity contribution is -0.143. The standard InChI is InChI=1S/C27H27N5O6S/c28-24(29)17-13-21(39-15-17)23(27(36)37)31-26(35)20-7-4-12-32(20)22(33)14-30-25(34)16-8-10-19(11-9-16)38-18-5-2-1-3-6-18/h1-3,5-6,8-11,13,15,20,23H,4,7,12,14H2,(H3,28,29)(H,30,34)(H,31,35)(H,36,37). The molecule has 1 aliphatic heterocycles. The Morgan fingerprint density at radius 3 is 2.41 bits per heavy atom. The smallest absolute Gasteiger partial charge is 0.331 e. The van der Waals surface area contributed by atoms with Crippen molar-refractivity contribution in [1.82, 2.24) is 15.5 Å². The first-order chi connectivity index (χ1) is 18.7. The van der Waals surface area contributed by atoms with Gasteiger partial charge in [-0.05, 0) is 55.3 Å². The van der Waals surface area contributed by atoms with Crippen LogP contribution in [0, 0.1) is 5.41 Å². The highest BCUT2D eigenvalue weighted by Crippen LogP contribution is 2.25. The Bertz CT molecular complexity index is 1370. The zero-order valence-corrected chi connectivity index (χ0v) is 21.6. The summed E-state index contributed by atoms with van der Waals surface area (Å²) in [4.78, 5) is 51.9. The van der Waals surface area contributed by atoms with E-state index in [1.54, 1.807) is 24.3 Å². The molecule has 1 saturated heterocycles. The van der Waals surface area contributed by atoms with Gasteiger partial charge in [0.15, 0.2) is 6.04 Å². The van der Waals surface area contributed by atoms with Gasteiger partial charge in [0.25, 0.3) is 5.91 Å². The number of hydrogen-bond acceptors (Lipinski definition) is 7. The molecule has 4 rings (SSSR count). The van der Waals surface area contributed by atoms with Gasteiger partial charge in [0.05, 0.1) is 6.54 Å². The third-order valence-electron chi connectivity index (χ3n) is 6.12. The van der Waals surface area contributed by atoms with Crippen LogP contribution in [0.2, 0.25) is 0 Å². The Kier molecular flexibility index (Phi) is 8.56. The third kappa shape index (κ3) is 6.79. The number of carboxylic acid groups (broad SMARTS) is 1. The number of nitrogens with two attached hydrogens (primary N) is 1. The van der Waals surface area contributed by atoms with Crippen molar-refractivity contribution in [2.75, 3.05) is 13.1 Å². The first kappa shape index (κ1) is 27.3. The number of para-hydroxylation sites is 1. The highest BCUT2D eigenvalue weighted by molar-refractivity contribution is 7.10. The van der Waals surface area contributed by atoms with Gasteiger partial charge in [-0.25, -0.2) is 4.79 Å². The molecule has 0 bridgehead atoms. The zero-order valence-electron chi connectivity index (χ0n) is 20.8. The SMILES string of the molecule is N=C(N)c1csc(C(NC(=O)C2CCCN2C(=O)CNC(=O)c2ccc(Oc3ccccc3)cc2)C(=O)O)c1. The van der Waals surface area contributed by atoms with Crippen molar-refractivity contribution in [2.45, 2.75) is 24.9 Å². The van der Waals surface area contributed by atoms with Crippen LogP contribution in [-0.2, 0) is 14.4 Å². The third-order valence-corrected chi connectivity index (χ3v) is 7.12. The highest BCUT2D eigenvalue weighted by Gasteiger charge is 2.36. The van der Waals surface area contributed by atoms with Crippen LogP contribution in [-0.4, -0.2) is 58.7 Å². The fraction of sp³-hybridized carbons (Fsp3) is 0.222. The molecular formula is C27H27N5O6S. The van der Waals surface area contributed by atoms with Gasteiger partial charge in [0.2, 0.25) is 11.8 Å². The van der Waals surface area contributed by atoms with Gasteiger partial charge < -0.3 is 31.1 Å². The van der Waals surface area contributed by atoms with E-state index in [4.69, 9.17) is 15.9 Å². The van der Waals surface area contributed by atoms with Gasteiger partial charge in [-0.3, -0.25) is 19.8 Å². The van der Waals surface area contributed by atoms with Crippen LogP contribution in [0.5, 0.6) is 11.5 Å². The molecule has 2 aromatic carbocycles. The van der Waals surface area contributed by atoms with Crippen molar-refractivity contribution in [3.8, 4) is 11.5 Å². The second-order valence-electron chi connectivity index (χ2n) is 8.80. The lowest BCUT2D eigenvalue weighted by atomic mass is 10.1. The molecule has 12 heteroatoms. The monoisotopic (exact) mass is 549 g/mol. The predicted octanol–water partition coefficient (Wildman–Crippen LogP) is 2.49. The van der Waals surface area contributed by atoms with Crippen LogP contribution in [0.1, 0.15) is 39.7 Å². The number of aliphatic carboxylic acids is 1. The number of nitrogen functional groups attached to an aromatic ring is 1. The van der Waals surface area contributed by atoms with Crippen molar-refractivity contribution in [2.24, 2.45) is 5.73 Å². The molecule has 0 saturated carbocycles. The van der Waals surface area contributed by atoms with E-state index < -0.39 is 35.8 Å². The van der Waals surface area contributed by atoms with Crippen molar-refractivity contribution < 1.29 is 29.0 Å². The summed E-state index contributed by atoms with van der Waals surface area (Å²) in [5.74, 6) is -1.78. The molecule has 11 nitrogen and oxygen atoms in total. The largest absolute Gasteiger partial charge is 0.479 e. The molecule has 0 spiro atoms. The average Bonchev–Trinajstić information content (AvgIpc) is 3.62. The van der Waals surface area contributed by atoms with E-state index in [9.17, 15) is 24.3 Å². The molecule has 0 radical (unpaired) electrons. The fourth-order valence-electron chi connectivity index (χ4n) is 4.13. The molecule has 2 heterocycles. The number of likely N-dealkylation sites (tertiary alicyclic amines) is 1. The Morgan fingerprint density at radius 2 is 1.77 bits per heavy atom. The van der Waals surface area contributed by atoms with E-state index in [0.29, 0.717) is 46.9 Å². The summed E-state index contributed by atoms with van der Waals surface area (Å²) >= 11 is 1.06. The minimum absolute atomic E-state index is 0.209. The van der Waals surface area contributed by atoms with Crippen molar-refractivity contribution in [3.63, 3.8) is 0 Å². The summed E-state index contributed by atoms with van der Waals surface area (Å²) in [5, 5.41) is 23.8. The van der Waals surface area contributed by atoms with Crippen LogP contribution in [0.3, 0.4) is 0 Å². The number of rotatable bonds is 10. The zero-order chi connectivity index (χ0) is 27.9. The molecule has 6 N–H and O–H groups in total. The molecule has 1 aromatic heterocycles. The Hall–Kier alpha value is -4.71. The van der Waals surface area contributed by atoms with Crippen molar-refractivity contribution >= 4 is 40.9 Å². The number of benzene rings is 2. The number of ether oxygens (including phenoxy) is 1. The minimum atomic E-state index is -1.35. The Labute approximate surface area is 228 Å². The number of amidine groups is 1. The number of carboxylic acids is 1. The van der Waals surface area contributed by atoms with Gasteiger partial charge in [0, 0.05) is 27.9 Å². The first-order valence-electron chi connectivity index (χ1n) is 12.1. The second-order valence-corrected chi connectivity index (χ2v) is 9.74. The Balaban J connectivity index is 1.32. The maximum absolute atomic E-state index is 13.0. The molecule has 202 valence electrons. The number of nitrogens with one attached hydrogen (secondary N) is 3. The van der Waals surface area contributed by atoms with Crippen molar-refractivity contribution in [3.05, 3.63) is 82.0 Å². The summed E-state index contributed by atoms with van der Waals surface area (Å²) in [5.41, 5.74) is 6.15. The molecule has 2 unspecified atom stereocenters. The number of amides is 3. The number of nitrogens with zero attached hydrogens (tertiary/aromatic N) is 1. The van der Waals surface area contributed by atoms with E-state index >= 15 is 0 Å². The van der Waals surface area contributed by atoms with Crippen LogP contribution in [0.15, 0.2) is 66.0 Å². The van der Waals surface area contributed by atoms with Crippen molar-refractivity contribution in [1.29, 1.82) is 5.41 Å².